The van der Waals surface area contributed by atoms with Crippen LogP contribution in [0.15, 0.2) is 65.8 Å². The van der Waals surface area contributed by atoms with Gasteiger partial charge in [-0.2, -0.15) is 5.10 Å². The van der Waals surface area contributed by atoms with Crippen molar-refractivity contribution in [3.05, 3.63) is 97.0 Å². The molecule has 0 atom stereocenters. The van der Waals surface area contributed by atoms with Crippen LogP contribution in [0.2, 0.25) is 15.1 Å². The molecule has 0 fully saturated rings. The predicted molar refractivity (Wildman–Crippen MR) is 130 cm³/mol. The Morgan fingerprint density at radius 1 is 1.00 bits per heavy atom. The van der Waals surface area contributed by atoms with E-state index in [2.05, 4.69) is 15.8 Å². The Balaban J connectivity index is 1.57. The van der Waals surface area contributed by atoms with Gasteiger partial charge in [-0.1, -0.05) is 34.8 Å². The Morgan fingerprint density at radius 2 is 1.62 bits per heavy atom. The molecule has 0 unspecified atom stereocenters. The zero-order chi connectivity index (χ0) is 24.7. The maximum absolute atomic E-state index is 12.1. The SMILES string of the molecule is O=C(COc1c(Cl)cc(/C=N/NC(=O)c2ccc([N+](=O)[O-])cc2)cc1Cl)Nc1ccc(Cl)cc1. The lowest BCUT2D eigenvalue weighted by molar-refractivity contribution is -0.384. The first kappa shape index (κ1) is 25.0. The number of amides is 2. The van der Waals surface area contributed by atoms with E-state index in [1.54, 1.807) is 24.3 Å². The molecule has 0 aliphatic heterocycles. The van der Waals surface area contributed by atoms with Gasteiger partial charge in [-0.05, 0) is 54.1 Å². The number of rotatable bonds is 8. The van der Waals surface area contributed by atoms with E-state index in [1.165, 1.54) is 42.6 Å². The summed E-state index contributed by atoms with van der Waals surface area (Å²) >= 11 is 18.2. The first-order chi connectivity index (χ1) is 16.2. The molecule has 3 aromatic carbocycles. The molecule has 2 N–H and O–H groups in total. The van der Waals surface area contributed by atoms with Crippen LogP contribution < -0.4 is 15.5 Å². The number of hydrogen-bond acceptors (Lipinski definition) is 6. The molecule has 34 heavy (non-hydrogen) atoms. The quantitative estimate of drug-likeness (QED) is 0.235. The molecule has 2 amide bonds. The summed E-state index contributed by atoms with van der Waals surface area (Å²) < 4.78 is 5.44. The molecule has 174 valence electrons. The zero-order valence-corrected chi connectivity index (χ0v) is 19.4. The van der Waals surface area contributed by atoms with Gasteiger partial charge in [-0.3, -0.25) is 19.7 Å². The lowest BCUT2D eigenvalue weighted by Gasteiger charge is -2.11. The van der Waals surface area contributed by atoms with Gasteiger partial charge in [0.05, 0.1) is 21.2 Å². The van der Waals surface area contributed by atoms with Gasteiger partial charge < -0.3 is 10.1 Å². The van der Waals surface area contributed by atoms with Crippen LogP contribution in [0.5, 0.6) is 5.75 Å². The van der Waals surface area contributed by atoms with Crippen molar-refractivity contribution in [3.8, 4) is 5.75 Å². The fraction of sp³-hybridized carbons (Fsp3) is 0.0455. The molecular formula is C22H15Cl3N4O5. The van der Waals surface area contributed by atoms with Crippen molar-refractivity contribution >= 4 is 64.2 Å². The summed E-state index contributed by atoms with van der Waals surface area (Å²) in [6, 6.07) is 14.6. The van der Waals surface area contributed by atoms with E-state index in [1.807, 2.05) is 0 Å². The lowest BCUT2D eigenvalue weighted by Crippen LogP contribution is -2.20. The monoisotopic (exact) mass is 520 g/mol. The highest BCUT2D eigenvalue weighted by molar-refractivity contribution is 6.37. The van der Waals surface area contributed by atoms with E-state index in [-0.39, 0.29) is 33.7 Å². The second-order valence-electron chi connectivity index (χ2n) is 6.66. The van der Waals surface area contributed by atoms with Gasteiger partial charge >= 0.3 is 0 Å². The second kappa shape index (κ2) is 11.5. The highest BCUT2D eigenvalue weighted by Crippen LogP contribution is 2.33. The summed E-state index contributed by atoms with van der Waals surface area (Å²) in [6.45, 7) is -0.333. The minimum Gasteiger partial charge on any atom is -0.481 e. The van der Waals surface area contributed by atoms with Crippen LogP contribution in [0.4, 0.5) is 11.4 Å². The Kier molecular flexibility index (Phi) is 8.42. The van der Waals surface area contributed by atoms with Gasteiger partial charge in [-0.25, -0.2) is 5.43 Å². The molecule has 0 radical (unpaired) electrons. The number of ether oxygens (including phenoxy) is 1. The van der Waals surface area contributed by atoms with Crippen LogP contribution >= 0.6 is 34.8 Å². The fourth-order valence-corrected chi connectivity index (χ4v) is 3.36. The Labute approximate surface area is 208 Å². The molecule has 3 rings (SSSR count). The molecule has 3 aromatic rings. The highest BCUT2D eigenvalue weighted by Gasteiger charge is 2.12. The first-order valence-electron chi connectivity index (χ1n) is 9.48. The van der Waals surface area contributed by atoms with E-state index < -0.39 is 16.7 Å². The number of anilines is 1. The van der Waals surface area contributed by atoms with Crippen LogP contribution in [0.3, 0.4) is 0 Å². The third kappa shape index (κ3) is 6.92. The molecule has 0 saturated heterocycles. The molecule has 12 heteroatoms. The molecule has 0 bridgehead atoms. The molecule has 0 aliphatic rings. The summed E-state index contributed by atoms with van der Waals surface area (Å²) in [6.07, 6.45) is 1.30. The molecule has 0 aliphatic carbocycles. The predicted octanol–water partition coefficient (Wildman–Crippen LogP) is 5.34. The maximum Gasteiger partial charge on any atom is 0.271 e. The lowest BCUT2D eigenvalue weighted by atomic mass is 10.2. The van der Waals surface area contributed by atoms with Crippen LogP contribution in [-0.2, 0) is 4.79 Å². The summed E-state index contributed by atoms with van der Waals surface area (Å²) in [5.74, 6) is -0.870. The van der Waals surface area contributed by atoms with Crippen molar-refractivity contribution in [1.29, 1.82) is 0 Å². The molecule has 0 heterocycles. The van der Waals surface area contributed by atoms with Crippen molar-refractivity contribution in [1.82, 2.24) is 5.43 Å². The van der Waals surface area contributed by atoms with Gasteiger partial charge in [0.2, 0.25) is 0 Å². The number of nitrogens with one attached hydrogen (secondary N) is 2. The Bertz CT molecular complexity index is 1230. The fourth-order valence-electron chi connectivity index (χ4n) is 2.62. The van der Waals surface area contributed by atoms with Crippen molar-refractivity contribution in [2.45, 2.75) is 0 Å². The molecule has 0 aromatic heterocycles. The number of hydrogen-bond donors (Lipinski definition) is 2. The normalized spacial score (nSPS) is 10.7. The molecule has 0 saturated carbocycles. The zero-order valence-electron chi connectivity index (χ0n) is 17.1. The molecule has 9 nitrogen and oxygen atoms in total. The average Bonchev–Trinajstić information content (AvgIpc) is 2.80. The number of nitro benzene ring substituents is 1. The third-order valence-electron chi connectivity index (χ3n) is 4.22. The number of nitro groups is 1. The van der Waals surface area contributed by atoms with Crippen molar-refractivity contribution < 1.29 is 19.2 Å². The number of nitrogens with zero attached hydrogens (tertiary/aromatic N) is 2. The van der Waals surface area contributed by atoms with Crippen LogP contribution in [0.25, 0.3) is 0 Å². The van der Waals surface area contributed by atoms with Gasteiger partial charge in [0, 0.05) is 28.4 Å². The smallest absolute Gasteiger partial charge is 0.271 e. The Morgan fingerprint density at radius 3 is 2.21 bits per heavy atom. The van der Waals surface area contributed by atoms with E-state index in [4.69, 9.17) is 39.5 Å². The number of halogens is 3. The number of carbonyl (C=O) groups excluding carboxylic acids is 2. The number of hydrazone groups is 1. The number of non-ortho nitro benzene ring substituents is 1. The van der Waals surface area contributed by atoms with Crippen molar-refractivity contribution in [3.63, 3.8) is 0 Å². The van der Waals surface area contributed by atoms with E-state index in [0.717, 1.165) is 0 Å². The van der Waals surface area contributed by atoms with Gasteiger partial charge in [-0.15, -0.1) is 0 Å². The first-order valence-corrected chi connectivity index (χ1v) is 10.6. The topological polar surface area (TPSA) is 123 Å². The summed E-state index contributed by atoms with van der Waals surface area (Å²) in [5.41, 5.74) is 3.37. The molecular weight excluding hydrogens is 507 g/mol. The summed E-state index contributed by atoms with van der Waals surface area (Å²) in [5, 5.41) is 18.0. The minimum atomic E-state index is -0.563. The van der Waals surface area contributed by atoms with Crippen LogP contribution in [-0.4, -0.2) is 29.6 Å². The van der Waals surface area contributed by atoms with Crippen molar-refractivity contribution in [2.24, 2.45) is 5.10 Å². The molecule has 0 spiro atoms. The van der Waals surface area contributed by atoms with Crippen LogP contribution in [0, 0.1) is 10.1 Å². The van der Waals surface area contributed by atoms with E-state index >= 15 is 0 Å². The Hall–Kier alpha value is -3.66. The van der Waals surface area contributed by atoms with Gasteiger partial charge in [0.25, 0.3) is 17.5 Å². The minimum absolute atomic E-state index is 0.113. The summed E-state index contributed by atoms with van der Waals surface area (Å²) in [7, 11) is 0. The van der Waals surface area contributed by atoms with Crippen molar-refractivity contribution in [2.75, 3.05) is 11.9 Å². The van der Waals surface area contributed by atoms with Gasteiger partial charge in [0.15, 0.2) is 12.4 Å². The van der Waals surface area contributed by atoms with Gasteiger partial charge in [0.1, 0.15) is 0 Å². The third-order valence-corrected chi connectivity index (χ3v) is 5.03. The summed E-state index contributed by atoms with van der Waals surface area (Å²) in [4.78, 5) is 34.3. The second-order valence-corrected chi connectivity index (χ2v) is 7.91. The van der Waals surface area contributed by atoms with Crippen LogP contribution in [0.1, 0.15) is 15.9 Å². The largest absolute Gasteiger partial charge is 0.481 e. The van der Waals surface area contributed by atoms with E-state index in [9.17, 15) is 19.7 Å². The maximum atomic E-state index is 12.1. The number of carbonyl (C=O) groups is 2. The van der Waals surface area contributed by atoms with E-state index in [0.29, 0.717) is 16.3 Å². The highest BCUT2D eigenvalue weighted by atomic mass is 35.5. The number of benzene rings is 3. The standard InChI is InChI=1S/C22H15Cl3N4O5/c23-15-3-5-16(6-4-15)27-20(30)12-34-21-18(24)9-13(10-19(21)25)11-26-28-22(31)14-1-7-17(8-2-14)29(32)33/h1-11H,12H2,(H,27,30)(H,28,31)/b26-11+. The average molecular weight is 522 g/mol.